The minimum atomic E-state index is -0.212. The van der Waals surface area contributed by atoms with Crippen molar-refractivity contribution in [3.63, 3.8) is 0 Å². The molecular weight excluding hydrogens is 262 g/mol. The Labute approximate surface area is 115 Å². The number of carbonyl (C=O) groups excluding carboxylic acids is 1. The summed E-state index contributed by atoms with van der Waals surface area (Å²) in [5.41, 5.74) is 0.349. The van der Waals surface area contributed by atoms with E-state index >= 15 is 0 Å². The van der Waals surface area contributed by atoms with Crippen molar-refractivity contribution in [1.82, 2.24) is 15.5 Å². The summed E-state index contributed by atoms with van der Waals surface area (Å²) >= 11 is 1.58. The molecule has 0 radical (unpaired) electrons. The van der Waals surface area contributed by atoms with Crippen LogP contribution in [0.3, 0.4) is 0 Å². The Morgan fingerprint density at radius 1 is 1.58 bits per heavy atom. The lowest BCUT2D eigenvalue weighted by molar-refractivity contribution is 0.0930. The number of nitrogens with zero attached hydrogens (tertiary/aromatic N) is 2. The largest absolute Gasteiger partial charge is 0.360 e. The van der Waals surface area contributed by atoms with Crippen LogP contribution in [0, 0.1) is 6.92 Å². The predicted octanol–water partition coefficient (Wildman–Crippen LogP) is 2.81. The van der Waals surface area contributed by atoms with Crippen LogP contribution in [0.15, 0.2) is 16.8 Å². The number of amides is 1. The van der Waals surface area contributed by atoms with Gasteiger partial charge in [-0.25, -0.2) is 4.98 Å². The zero-order valence-electron chi connectivity index (χ0n) is 10.8. The minimum absolute atomic E-state index is 0.118. The third-order valence-corrected chi connectivity index (χ3v) is 4.19. The quantitative estimate of drug-likeness (QED) is 0.933. The summed E-state index contributed by atoms with van der Waals surface area (Å²) < 4.78 is 5.18. The maximum Gasteiger partial charge on any atom is 0.274 e. The number of carbonyl (C=O) groups is 1. The second kappa shape index (κ2) is 4.77. The van der Waals surface area contributed by atoms with E-state index in [-0.39, 0.29) is 11.9 Å². The number of aromatic nitrogens is 2. The van der Waals surface area contributed by atoms with Crippen molar-refractivity contribution in [1.29, 1.82) is 0 Å². The zero-order valence-corrected chi connectivity index (χ0v) is 11.7. The molecular formula is C13H15N3O2S. The number of thiazole rings is 1. The van der Waals surface area contributed by atoms with Crippen molar-refractivity contribution in [3.8, 4) is 0 Å². The Morgan fingerprint density at radius 2 is 2.37 bits per heavy atom. The third-order valence-electron chi connectivity index (χ3n) is 3.10. The van der Waals surface area contributed by atoms with Gasteiger partial charge in [-0.3, -0.25) is 4.79 Å². The van der Waals surface area contributed by atoms with E-state index in [1.54, 1.807) is 17.4 Å². The van der Waals surface area contributed by atoms with E-state index in [1.807, 2.05) is 20.0 Å². The molecule has 0 unspecified atom stereocenters. The first-order chi connectivity index (χ1) is 9.13. The van der Waals surface area contributed by atoms with Crippen molar-refractivity contribution in [2.45, 2.75) is 38.6 Å². The SMILES string of the molecule is Cc1cnc([C@H](C)NC(=O)c2cc(C3CC3)on2)s1. The van der Waals surface area contributed by atoms with E-state index in [9.17, 15) is 4.79 Å². The first-order valence-electron chi connectivity index (χ1n) is 6.33. The second-order valence-corrected chi connectivity index (χ2v) is 6.16. The molecule has 1 atom stereocenters. The Kier molecular flexibility index (Phi) is 3.10. The molecule has 0 aliphatic heterocycles. The van der Waals surface area contributed by atoms with Gasteiger partial charge in [-0.05, 0) is 26.7 Å². The van der Waals surface area contributed by atoms with Crippen molar-refractivity contribution in [2.75, 3.05) is 0 Å². The van der Waals surface area contributed by atoms with E-state index in [2.05, 4.69) is 15.5 Å². The molecule has 2 aromatic rings. The lowest BCUT2D eigenvalue weighted by Crippen LogP contribution is -2.26. The summed E-state index contributed by atoms with van der Waals surface area (Å²) in [5, 5.41) is 7.61. The summed E-state index contributed by atoms with van der Waals surface area (Å²) in [6, 6.07) is 1.62. The Hall–Kier alpha value is -1.69. The van der Waals surface area contributed by atoms with Crippen LogP contribution < -0.4 is 5.32 Å². The van der Waals surface area contributed by atoms with Crippen LogP contribution in [0.1, 0.15) is 57.9 Å². The first-order valence-corrected chi connectivity index (χ1v) is 7.15. The van der Waals surface area contributed by atoms with E-state index < -0.39 is 0 Å². The highest BCUT2D eigenvalue weighted by Crippen LogP contribution is 2.40. The van der Waals surface area contributed by atoms with Gasteiger partial charge >= 0.3 is 0 Å². The normalized spacial score (nSPS) is 16.3. The smallest absolute Gasteiger partial charge is 0.274 e. The van der Waals surface area contributed by atoms with Gasteiger partial charge in [0.1, 0.15) is 10.8 Å². The van der Waals surface area contributed by atoms with Gasteiger partial charge in [0.2, 0.25) is 0 Å². The molecule has 100 valence electrons. The van der Waals surface area contributed by atoms with Crippen LogP contribution in [0.4, 0.5) is 0 Å². The van der Waals surface area contributed by atoms with Crippen LogP contribution in [-0.4, -0.2) is 16.0 Å². The van der Waals surface area contributed by atoms with Gasteiger partial charge in [0, 0.05) is 23.1 Å². The maximum absolute atomic E-state index is 12.0. The second-order valence-electron chi connectivity index (χ2n) is 4.89. The molecule has 0 spiro atoms. The number of nitrogens with one attached hydrogen (secondary N) is 1. The van der Waals surface area contributed by atoms with Crippen LogP contribution in [-0.2, 0) is 0 Å². The molecule has 1 saturated carbocycles. The maximum atomic E-state index is 12.0. The van der Waals surface area contributed by atoms with Gasteiger partial charge in [-0.1, -0.05) is 5.16 Å². The summed E-state index contributed by atoms with van der Waals surface area (Å²) in [6.07, 6.45) is 4.07. The van der Waals surface area contributed by atoms with E-state index in [1.165, 1.54) is 0 Å². The van der Waals surface area contributed by atoms with Gasteiger partial charge in [-0.2, -0.15) is 0 Å². The van der Waals surface area contributed by atoms with Crippen molar-refractivity contribution in [2.24, 2.45) is 0 Å². The van der Waals surface area contributed by atoms with Crippen molar-refractivity contribution >= 4 is 17.2 Å². The van der Waals surface area contributed by atoms with Crippen LogP contribution >= 0.6 is 11.3 Å². The monoisotopic (exact) mass is 277 g/mol. The lowest BCUT2D eigenvalue weighted by Gasteiger charge is -2.09. The van der Waals surface area contributed by atoms with Crippen LogP contribution in [0.5, 0.6) is 0 Å². The molecule has 3 rings (SSSR count). The molecule has 1 aliphatic carbocycles. The third kappa shape index (κ3) is 2.68. The van der Waals surface area contributed by atoms with Gasteiger partial charge < -0.3 is 9.84 Å². The fourth-order valence-corrected chi connectivity index (χ4v) is 2.64. The Morgan fingerprint density at radius 3 is 3.00 bits per heavy atom. The van der Waals surface area contributed by atoms with E-state index in [4.69, 9.17) is 4.52 Å². The highest BCUT2D eigenvalue weighted by molar-refractivity contribution is 7.11. The lowest BCUT2D eigenvalue weighted by atomic mass is 10.2. The van der Waals surface area contributed by atoms with E-state index in [0.717, 1.165) is 28.5 Å². The molecule has 6 heteroatoms. The summed E-state index contributed by atoms with van der Waals surface area (Å²) in [4.78, 5) is 17.4. The van der Waals surface area contributed by atoms with Crippen LogP contribution in [0.2, 0.25) is 0 Å². The minimum Gasteiger partial charge on any atom is -0.360 e. The summed E-state index contributed by atoms with van der Waals surface area (Å²) in [7, 11) is 0. The standard InChI is InChI=1S/C13H15N3O2S/c1-7-6-14-13(19-7)8(2)15-12(17)10-5-11(18-16-10)9-3-4-9/h5-6,8-9H,3-4H2,1-2H3,(H,15,17)/t8-/m0/s1. The summed E-state index contributed by atoms with van der Waals surface area (Å²) in [5.74, 6) is 1.08. The molecule has 19 heavy (non-hydrogen) atoms. The van der Waals surface area contributed by atoms with Gasteiger partial charge in [-0.15, -0.1) is 11.3 Å². The number of rotatable bonds is 4. The van der Waals surface area contributed by atoms with Crippen LogP contribution in [0.25, 0.3) is 0 Å². The average Bonchev–Trinajstić information content (AvgIpc) is 2.94. The molecule has 0 saturated heterocycles. The van der Waals surface area contributed by atoms with Gasteiger partial charge in [0.05, 0.1) is 6.04 Å². The fraction of sp³-hybridized carbons (Fsp3) is 0.462. The molecule has 1 fully saturated rings. The molecule has 0 aromatic carbocycles. The highest BCUT2D eigenvalue weighted by atomic mass is 32.1. The Balaban J connectivity index is 1.66. The van der Waals surface area contributed by atoms with Crippen molar-refractivity contribution in [3.05, 3.63) is 33.6 Å². The molecule has 1 aliphatic rings. The number of hydrogen-bond acceptors (Lipinski definition) is 5. The molecule has 1 N–H and O–H groups in total. The molecule has 2 aromatic heterocycles. The van der Waals surface area contributed by atoms with Gasteiger partial charge in [0.25, 0.3) is 5.91 Å². The highest BCUT2D eigenvalue weighted by Gasteiger charge is 2.29. The average molecular weight is 277 g/mol. The number of aryl methyl sites for hydroxylation is 1. The number of hydrogen-bond donors (Lipinski definition) is 1. The Bertz CT molecular complexity index is 601. The zero-order chi connectivity index (χ0) is 13.4. The van der Waals surface area contributed by atoms with E-state index in [0.29, 0.717) is 11.6 Å². The van der Waals surface area contributed by atoms with Crippen molar-refractivity contribution < 1.29 is 9.32 Å². The topological polar surface area (TPSA) is 68.0 Å². The molecule has 1 amide bonds. The first kappa shape index (κ1) is 12.3. The summed E-state index contributed by atoms with van der Waals surface area (Å²) in [6.45, 7) is 3.91. The van der Waals surface area contributed by atoms with Gasteiger partial charge in [0.15, 0.2) is 5.69 Å². The molecule has 0 bridgehead atoms. The fourth-order valence-electron chi connectivity index (χ4n) is 1.86. The predicted molar refractivity (Wildman–Crippen MR) is 71.2 cm³/mol. The molecule has 2 heterocycles. The molecule has 5 nitrogen and oxygen atoms in total.